The molecule has 0 bridgehead atoms. The van der Waals surface area contributed by atoms with Crippen LogP contribution in [0.4, 0.5) is 26.7 Å². The van der Waals surface area contributed by atoms with Gasteiger partial charge in [0.25, 0.3) is 0 Å². The predicted molar refractivity (Wildman–Crippen MR) is 342 cm³/mol. The van der Waals surface area contributed by atoms with Gasteiger partial charge in [0.2, 0.25) is 17.7 Å². The van der Waals surface area contributed by atoms with Crippen molar-refractivity contribution in [2.24, 2.45) is 5.41 Å². The number of hydrogen-bond acceptors (Lipinski definition) is 16. The second-order valence-electron chi connectivity index (χ2n) is 21.3. The molecule has 4 aromatic carbocycles. The summed E-state index contributed by atoms with van der Waals surface area (Å²) in [5, 5.41) is 13.5. The highest BCUT2D eigenvalue weighted by atomic mass is 16.6. The number of methoxy groups -OCH3 is 2. The molecule has 5 N–H and O–H groups in total. The van der Waals surface area contributed by atoms with Crippen LogP contribution < -0.4 is 26.6 Å². The van der Waals surface area contributed by atoms with Gasteiger partial charge >= 0.3 is 24.1 Å². The number of ether oxygens (including phenoxy) is 7. The maximum absolute atomic E-state index is 12.2. The van der Waals surface area contributed by atoms with Crippen LogP contribution in [0.5, 0.6) is 0 Å². The molecule has 0 unspecified atom stereocenters. The number of carbonyl (C=O) groups is 7. The molecule has 0 heterocycles. The Morgan fingerprint density at radius 1 is 0.471 bits per heavy atom. The number of unbranched alkanes of at least 4 members (excludes halogenated alkanes) is 4. The maximum Gasteiger partial charge on any atom is 0.411 e. The Bertz CT molecular complexity index is 2540. The summed E-state index contributed by atoms with van der Waals surface area (Å²) in [6.07, 6.45) is 5.66. The molecule has 0 atom stereocenters. The summed E-state index contributed by atoms with van der Waals surface area (Å²) in [5.74, 6) is -1.31. The second kappa shape index (κ2) is 46.7. The number of hydrogen-bond donors (Lipinski definition) is 5. The number of rotatable bonds is 37. The van der Waals surface area contributed by atoms with Crippen LogP contribution in [0.15, 0.2) is 97.1 Å². The number of anilines is 3. The fraction of sp³-hybridized carbons (Fsp3) is 0.530. The summed E-state index contributed by atoms with van der Waals surface area (Å²) in [7, 11) is 10.9. The average molecular weight is 1220 g/mol. The van der Waals surface area contributed by atoms with Crippen molar-refractivity contribution in [3.8, 4) is 0 Å². The highest BCUT2D eigenvalue weighted by Gasteiger charge is 2.35. The highest BCUT2D eigenvalue weighted by Crippen LogP contribution is 2.19. The van der Waals surface area contributed by atoms with Crippen molar-refractivity contribution in [1.82, 2.24) is 20.4 Å². The van der Waals surface area contributed by atoms with Gasteiger partial charge in [0.15, 0.2) is 0 Å². The molecule has 0 aromatic heterocycles. The van der Waals surface area contributed by atoms with E-state index in [9.17, 15) is 33.6 Å². The molecule has 0 aliphatic heterocycles. The fourth-order valence-corrected chi connectivity index (χ4v) is 7.82. The SMILES string of the molecule is C.CC(=O)Nc1ccc(Cc2ccc(NC(=O)OCCCCCC(=O)OCCOCCOC(=O)CCCCCOC(=O)Nc3ccc(Cc4ccc(C)cc4)cc3)cc2)cc1.CN(C)C.CNC(=O)C(C)(C)C(=O)NCCCN(CCOC)CCOC. The van der Waals surface area contributed by atoms with Gasteiger partial charge in [0.05, 0.1) is 39.6 Å². The molecular weight excluding hydrogens is 1110 g/mol. The minimum absolute atomic E-state index is 0. The van der Waals surface area contributed by atoms with E-state index in [1.54, 1.807) is 28.1 Å². The number of amides is 5. The van der Waals surface area contributed by atoms with E-state index in [0.717, 1.165) is 54.9 Å². The van der Waals surface area contributed by atoms with E-state index in [2.05, 4.69) is 62.7 Å². The molecule has 0 aliphatic rings. The average Bonchev–Trinajstić information content (AvgIpc) is 3.64. The molecule has 0 saturated heterocycles. The standard InChI is InChI=1S/C47H57N3O10.C15H31N3O4.C3H9N.CH4/c1-35-11-13-37(14-12-35)33-39-17-23-42(24-18-39)49-46(54)59-27-7-3-5-9-44(52)57-31-29-56-30-32-58-45(53)10-6-4-8-28-60-47(55)50-43-25-19-40(20-26-43)34-38-15-21-41(22-16-38)48-36(2)51;1-15(2,13(19)16-3)14(20)17-7-6-8-18(9-11-21-4)10-12-22-5;1-4(2)3;/h11-26H,3-10,27-34H2,1-2H3,(H,48,51)(H,49,54)(H,50,55);6-12H2,1-5H3,(H,16,19)(H,17,20);1-3H3;1H4. The quantitative estimate of drug-likeness (QED) is 0.0122. The van der Waals surface area contributed by atoms with E-state index in [0.29, 0.717) is 76.1 Å². The lowest BCUT2D eigenvalue weighted by Crippen LogP contribution is -2.47. The number of nitrogens with one attached hydrogen (secondary N) is 5. The number of nitrogens with zero attached hydrogens (tertiary/aromatic N) is 2. The maximum atomic E-state index is 12.2. The van der Waals surface area contributed by atoms with Gasteiger partial charge in [-0.3, -0.25) is 39.5 Å². The Kier molecular flexibility index (Phi) is 41.7. The van der Waals surface area contributed by atoms with E-state index < -0.39 is 17.6 Å². The highest BCUT2D eigenvalue weighted by molar-refractivity contribution is 6.04. The second-order valence-corrected chi connectivity index (χ2v) is 21.3. The van der Waals surface area contributed by atoms with Gasteiger partial charge in [-0.25, -0.2) is 9.59 Å². The van der Waals surface area contributed by atoms with Crippen LogP contribution in [-0.4, -0.2) is 173 Å². The summed E-state index contributed by atoms with van der Waals surface area (Å²) >= 11 is 0. The van der Waals surface area contributed by atoms with E-state index in [1.807, 2.05) is 98.8 Å². The van der Waals surface area contributed by atoms with Crippen molar-refractivity contribution in [3.05, 3.63) is 125 Å². The Morgan fingerprint density at radius 2 is 0.862 bits per heavy atom. The molecule has 0 saturated carbocycles. The Balaban J connectivity index is 0.00000117. The largest absolute Gasteiger partial charge is 0.463 e. The van der Waals surface area contributed by atoms with E-state index in [4.69, 9.17) is 33.2 Å². The molecule has 0 spiro atoms. The lowest BCUT2D eigenvalue weighted by molar-refractivity contribution is -0.147. The molecule has 5 amide bonds. The molecule has 0 radical (unpaired) electrons. The first-order valence-corrected chi connectivity index (χ1v) is 29.4. The van der Waals surface area contributed by atoms with Crippen molar-refractivity contribution in [1.29, 1.82) is 0 Å². The van der Waals surface area contributed by atoms with Crippen LogP contribution in [0, 0.1) is 12.3 Å². The molecular formula is C66H101N7O14. The zero-order valence-corrected chi connectivity index (χ0v) is 52.6. The van der Waals surface area contributed by atoms with Crippen LogP contribution >= 0.6 is 0 Å². The summed E-state index contributed by atoms with van der Waals surface area (Å²) in [4.78, 5) is 87.4. The number of aryl methyl sites for hydroxylation is 1. The fourth-order valence-electron chi connectivity index (χ4n) is 7.82. The third-order valence-corrected chi connectivity index (χ3v) is 12.6. The topological polar surface area (TPSA) is 251 Å². The molecule has 0 aliphatic carbocycles. The van der Waals surface area contributed by atoms with Crippen LogP contribution in [0.2, 0.25) is 0 Å². The predicted octanol–water partition coefficient (Wildman–Crippen LogP) is 9.83. The smallest absolute Gasteiger partial charge is 0.411 e. The van der Waals surface area contributed by atoms with Crippen molar-refractivity contribution < 1.29 is 66.7 Å². The van der Waals surface area contributed by atoms with Crippen LogP contribution in [0.3, 0.4) is 0 Å². The van der Waals surface area contributed by atoms with Gasteiger partial charge in [0, 0.05) is 77.7 Å². The first kappa shape index (κ1) is 77.6. The summed E-state index contributed by atoms with van der Waals surface area (Å²) in [6.45, 7) is 12.2. The van der Waals surface area contributed by atoms with E-state index in [-0.39, 0.29) is 89.6 Å². The van der Waals surface area contributed by atoms with Crippen molar-refractivity contribution in [3.63, 3.8) is 0 Å². The molecule has 4 rings (SSSR count). The minimum Gasteiger partial charge on any atom is -0.463 e. The van der Waals surface area contributed by atoms with Gasteiger partial charge in [-0.15, -0.1) is 0 Å². The first-order valence-electron chi connectivity index (χ1n) is 29.4. The van der Waals surface area contributed by atoms with Crippen molar-refractivity contribution in [2.45, 2.75) is 106 Å². The Labute approximate surface area is 517 Å². The third-order valence-electron chi connectivity index (χ3n) is 12.6. The van der Waals surface area contributed by atoms with Gasteiger partial charge in [-0.1, -0.05) is 73.7 Å². The zero-order chi connectivity index (χ0) is 63.4. The van der Waals surface area contributed by atoms with Gasteiger partial charge in [-0.05, 0) is 165 Å². The van der Waals surface area contributed by atoms with E-state index >= 15 is 0 Å². The van der Waals surface area contributed by atoms with Crippen molar-refractivity contribution in [2.75, 3.05) is 137 Å². The van der Waals surface area contributed by atoms with Crippen molar-refractivity contribution >= 4 is 58.9 Å². The van der Waals surface area contributed by atoms with Gasteiger partial charge in [0.1, 0.15) is 18.6 Å². The molecule has 87 heavy (non-hydrogen) atoms. The normalized spacial score (nSPS) is 10.7. The monoisotopic (exact) mass is 1220 g/mol. The minimum atomic E-state index is -1.06. The van der Waals surface area contributed by atoms with Crippen LogP contribution in [0.1, 0.15) is 114 Å². The van der Waals surface area contributed by atoms with Crippen LogP contribution in [-0.2, 0) is 70.0 Å². The van der Waals surface area contributed by atoms with Gasteiger partial charge in [-0.2, -0.15) is 0 Å². The summed E-state index contributed by atoms with van der Waals surface area (Å²) in [5.41, 5.74) is 6.77. The zero-order valence-electron chi connectivity index (χ0n) is 52.6. The Morgan fingerprint density at radius 3 is 1.24 bits per heavy atom. The molecule has 4 aromatic rings. The lowest BCUT2D eigenvalue weighted by atomic mass is 9.91. The molecule has 484 valence electrons. The molecule has 21 heteroatoms. The lowest BCUT2D eigenvalue weighted by Gasteiger charge is -2.23. The number of carbonyl (C=O) groups excluding carboxylic acids is 7. The molecule has 0 fully saturated rings. The molecule has 21 nitrogen and oxygen atoms in total. The summed E-state index contributed by atoms with van der Waals surface area (Å²) in [6, 6.07) is 31.3. The number of esters is 2. The summed E-state index contributed by atoms with van der Waals surface area (Å²) < 4.78 is 36.4. The first-order chi connectivity index (χ1) is 41.2. The van der Waals surface area contributed by atoms with Gasteiger partial charge < -0.3 is 54.0 Å². The third kappa shape index (κ3) is 38.4. The van der Waals surface area contributed by atoms with Crippen LogP contribution in [0.25, 0.3) is 0 Å². The Hall–Kier alpha value is -7.43. The van der Waals surface area contributed by atoms with E-state index in [1.165, 1.54) is 25.1 Å². The number of benzene rings is 4.